The average Bonchev–Trinajstić information content (AvgIpc) is 3.01. The molecule has 1 aliphatic heterocycles. The zero-order valence-corrected chi connectivity index (χ0v) is 11.6. The Bertz CT molecular complexity index is 230. The molecule has 0 spiro atoms. The fourth-order valence-electron chi connectivity index (χ4n) is 2.96. The van der Waals surface area contributed by atoms with Crippen LogP contribution in [0.1, 0.15) is 39.5 Å². The predicted octanol–water partition coefficient (Wildman–Crippen LogP) is 2.33. The van der Waals surface area contributed by atoms with Gasteiger partial charge in [-0.05, 0) is 43.9 Å². The summed E-state index contributed by atoms with van der Waals surface area (Å²) in [5.74, 6) is 2.27. The van der Waals surface area contributed by atoms with Gasteiger partial charge in [0, 0.05) is 23.9 Å². The van der Waals surface area contributed by atoms with Crippen molar-refractivity contribution in [3.05, 3.63) is 0 Å². The van der Waals surface area contributed by atoms with Crippen LogP contribution >= 0.6 is 11.8 Å². The lowest BCUT2D eigenvalue weighted by Crippen LogP contribution is -2.58. The lowest BCUT2D eigenvalue weighted by Gasteiger charge is -2.43. The standard InChI is InChI=1S/C13H26N2S/c1-3-7-15(9-12-4-5-12)13(10-14)6-8-16-11(13)2/h11-12H,3-10,14H2,1-2H3. The van der Waals surface area contributed by atoms with Crippen molar-refractivity contribution >= 4 is 11.8 Å². The van der Waals surface area contributed by atoms with Crippen LogP contribution in [0.3, 0.4) is 0 Å². The molecule has 1 heterocycles. The van der Waals surface area contributed by atoms with Gasteiger partial charge in [-0.3, -0.25) is 4.90 Å². The van der Waals surface area contributed by atoms with Crippen LogP contribution in [0.25, 0.3) is 0 Å². The van der Waals surface area contributed by atoms with Gasteiger partial charge in [0.15, 0.2) is 0 Å². The second kappa shape index (κ2) is 5.28. The minimum atomic E-state index is 0.309. The molecule has 2 unspecified atom stereocenters. The van der Waals surface area contributed by atoms with Gasteiger partial charge in [-0.15, -0.1) is 0 Å². The molecule has 2 fully saturated rings. The fourth-order valence-corrected chi connectivity index (χ4v) is 4.46. The first-order chi connectivity index (χ1) is 7.73. The first-order valence-corrected chi connectivity index (χ1v) is 7.84. The molecule has 1 aliphatic carbocycles. The SMILES string of the molecule is CCCN(CC1CC1)C1(CN)CCSC1C. The molecule has 0 bridgehead atoms. The van der Waals surface area contributed by atoms with Gasteiger partial charge in [-0.1, -0.05) is 13.8 Å². The van der Waals surface area contributed by atoms with E-state index in [9.17, 15) is 0 Å². The van der Waals surface area contributed by atoms with E-state index >= 15 is 0 Å². The molecule has 2 aliphatic rings. The molecule has 0 aromatic carbocycles. The van der Waals surface area contributed by atoms with Gasteiger partial charge in [0.2, 0.25) is 0 Å². The largest absolute Gasteiger partial charge is 0.329 e. The van der Waals surface area contributed by atoms with Gasteiger partial charge in [0.25, 0.3) is 0 Å². The summed E-state index contributed by atoms with van der Waals surface area (Å²) in [7, 11) is 0. The number of nitrogens with two attached hydrogens (primary N) is 1. The maximum Gasteiger partial charge on any atom is 0.0455 e. The average molecular weight is 242 g/mol. The maximum absolute atomic E-state index is 6.13. The highest BCUT2D eigenvalue weighted by Gasteiger charge is 2.45. The third-order valence-corrected chi connectivity index (χ3v) is 5.69. The van der Waals surface area contributed by atoms with E-state index in [0.717, 1.165) is 12.5 Å². The van der Waals surface area contributed by atoms with E-state index in [2.05, 4.69) is 30.5 Å². The number of nitrogens with zero attached hydrogens (tertiary/aromatic N) is 1. The first kappa shape index (κ1) is 12.7. The molecule has 1 saturated heterocycles. The van der Waals surface area contributed by atoms with E-state index in [0.29, 0.717) is 10.8 Å². The monoisotopic (exact) mass is 242 g/mol. The van der Waals surface area contributed by atoms with Crippen molar-refractivity contribution in [2.45, 2.75) is 50.3 Å². The van der Waals surface area contributed by atoms with E-state index in [4.69, 9.17) is 5.73 Å². The minimum absolute atomic E-state index is 0.309. The van der Waals surface area contributed by atoms with Crippen molar-refractivity contribution in [2.75, 3.05) is 25.4 Å². The molecule has 1 saturated carbocycles. The summed E-state index contributed by atoms with van der Waals surface area (Å²) in [6.45, 7) is 8.04. The number of thioether (sulfide) groups is 1. The van der Waals surface area contributed by atoms with Crippen LogP contribution in [0.4, 0.5) is 0 Å². The molecule has 3 heteroatoms. The topological polar surface area (TPSA) is 29.3 Å². The van der Waals surface area contributed by atoms with Crippen LogP contribution in [-0.4, -0.2) is 41.1 Å². The molecular formula is C13H26N2S. The van der Waals surface area contributed by atoms with Gasteiger partial charge in [0.1, 0.15) is 0 Å². The first-order valence-electron chi connectivity index (χ1n) is 6.79. The summed E-state index contributed by atoms with van der Waals surface area (Å²) < 4.78 is 0. The molecule has 2 N–H and O–H groups in total. The van der Waals surface area contributed by atoms with Crippen LogP contribution < -0.4 is 5.73 Å². The number of hydrogen-bond donors (Lipinski definition) is 1. The van der Waals surface area contributed by atoms with E-state index in [1.54, 1.807) is 0 Å². The second-order valence-electron chi connectivity index (χ2n) is 5.46. The molecule has 16 heavy (non-hydrogen) atoms. The molecular weight excluding hydrogens is 216 g/mol. The molecule has 0 aromatic heterocycles. The van der Waals surface area contributed by atoms with Gasteiger partial charge in [-0.25, -0.2) is 0 Å². The highest BCUT2D eigenvalue weighted by atomic mass is 32.2. The van der Waals surface area contributed by atoms with E-state index in [1.165, 1.54) is 44.5 Å². The quantitative estimate of drug-likeness (QED) is 0.775. The van der Waals surface area contributed by atoms with E-state index in [-0.39, 0.29) is 0 Å². The van der Waals surface area contributed by atoms with Crippen LogP contribution in [0.15, 0.2) is 0 Å². The normalized spacial score (nSPS) is 34.9. The van der Waals surface area contributed by atoms with Crippen molar-refractivity contribution in [1.29, 1.82) is 0 Å². The highest BCUT2D eigenvalue weighted by Crippen LogP contribution is 2.42. The summed E-state index contributed by atoms with van der Waals surface area (Å²) in [6, 6.07) is 0. The lowest BCUT2D eigenvalue weighted by atomic mass is 9.90. The summed E-state index contributed by atoms with van der Waals surface area (Å²) in [4.78, 5) is 2.73. The third kappa shape index (κ3) is 2.41. The highest BCUT2D eigenvalue weighted by molar-refractivity contribution is 8.00. The van der Waals surface area contributed by atoms with Crippen molar-refractivity contribution in [2.24, 2.45) is 11.7 Å². The molecule has 0 aromatic rings. The summed E-state index contributed by atoms with van der Waals surface area (Å²) >= 11 is 2.11. The van der Waals surface area contributed by atoms with Crippen molar-refractivity contribution < 1.29 is 0 Å². The van der Waals surface area contributed by atoms with Crippen LogP contribution in [0, 0.1) is 5.92 Å². The van der Waals surface area contributed by atoms with E-state index < -0.39 is 0 Å². The van der Waals surface area contributed by atoms with Crippen molar-refractivity contribution in [3.63, 3.8) is 0 Å². The second-order valence-corrected chi connectivity index (χ2v) is 6.91. The number of hydrogen-bond acceptors (Lipinski definition) is 3. The van der Waals surface area contributed by atoms with Crippen molar-refractivity contribution in [3.8, 4) is 0 Å². The molecule has 0 amide bonds. The third-order valence-electron chi connectivity index (χ3n) is 4.31. The Balaban J connectivity index is 2.07. The Morgan fingerprint density at radius 2 is 2.19 bits per heavy atom. The predicted molar refractivity (Wildman–Crippen MR) is 72.9 cm³/mol. The lowest BCUT2D eigenvalue weighted by molar-refractivity contribution is 0.0914. The minimum Gasteiger partial charge on any atom is -0.329 e. The van der Waals surface area contributed by atoms with Gasteiger partial charge in [-0.2, -0.15) is 11.8 Å². The fraction of sp³-hybridized carbons (Fsp3) is 1.00. The molecule has 2 rings (SSSR count). The molecule has 0 radical (unpaired) electrons. The smallest absolute Gasteiger partial charge is 0.0455 e. The molecule has 94 valence electrons. The van der Waals surface area contributed by atoms with Gasteiger partial charge < -0.3 is 5.73 Å². The van der Waals surface area contributed by atoms with E-state index in [1.807, 2.05) is 0 Å². The summed E-state index contributed by atoms with van der Waals surface area (Å²) in [5, 5.41) is 0.711. The molecule has 2 nitrogen and oxygen atoms in total. The Morgan fingerprint density at radius 1 is 1.44 bits per heavy atom. The zero-order valence-electron chi connectivity index (χ0n) is 10.7. The maximum atomic E-state index is 6.13. The Kier molecular flexibility index (Phi) is 4.20. The Hall–Kier alpha value is 0.270. The summed E-state index contributed by atoms with van der Waals surface area (Å²) in [5.41, 5.74) is 6.44. The van der Waals surface area contributed by atoms with Gasteiger partial charge >= 0.3 is 0 Å². The van der Waals surface area contributed by atoms with Gasteiger partial charge in [0.05, 0.1) is 0 Å². The van der Waals surface area contributed by atoms with Crippen LogP contribution in [-0.2, 0) is 0 Å². The zero-order chi connectivity index (χ0) is 11.6. The Labute approximate surface area is 104 Å². The van der Waals surface area contributed by atoms with Crippen molar-refractivity contribution in [1.82, 2.24) is 4.90 Å². The van der Waals surface area contributed by atoms with Crippen LogP contribution in [0.5, 0.6) is 0 Å². The van der Waals surface area contributed by atoms with Crippen LogP contribution in [0.2, 0.25) is 0 Å². The summed E-state index contributed by atoms with van der Waals surface area (Å²) in [6.07, 6.45) is 5.44. The number of rotatable bonds is 6. The molecule has 2 atom stereocenters. The Morgan fingerprint density at radius 3 is 2.62 bits per heavy atom.